The summed E-state index contributed by atoms with van der Waals surface area (Å²) >= 11 is 0. The minimum atomic E-state index is -0.320. The zero-order valence-electron chi connectivity index (χ0n) is 11.5. The minimum Gasteiger partial charge on any atom is -0.330 e. The quantitative estimate of drug-likeness (QED) is 0.831. The number of nitrogens with two attached hydrogens (primary N) is 1. The lowest BCUT2D eigenvalue weighted by Gasteiger charge is -2.14. The van der Waals surface area contributed by atoms with Crippen molar-refractivity contribution in [2.75, 3.05) is 6.54 Å². The SMILES string of the molecule is CC(C)n1c(=O)n(CCCN)c(=O)c2c1ncn2C. The predicted octanol–water partition coefficient (Wildman–Crippen LogP) is -0.174. The molecular weight excluding hydrogens is 246 g/mol. The molecule has 0 aliphatic rings. The number of rotatable bonds is 4. The normalized spacial score (nSPS) is 11.6. The Morgan fingerprint density at radius 2 is 2.05 bits per heavy atom. The van der Waals surface area contributed by atoms with Crippen molar-refractivity contribution in [3.8, 4) is 0 Å². The molecule has 7 nitrogen and oxygen atoms in total. The molecule has 0 amide bonds. The van der Waals surface area contributed by atoms with Gasteiger partial charge in [0, 0.05) is 19.6 Å². The maximum absolute atomic E-state index is 12.4. The van der Waals surface area contributed by atoms with Gasteiger partial charge in [-0.25, -0.2) is 9.78 Å². The van der Waals surface area contributed by atoms with Crippen LogP contribution in [0.2, 0.25) is 0 Å². The maximum atomic E-state index is 12.4. The third-order valence-electron chi connectivity index (χ3n) is 3.13. The first-order valence-electron chi connectivity index (χ1n) is 6.35. The maximum Gasteiger partial charge on any atom is 0.332 e. The Morgan fingerprint density at radius 1 is 1.37 bits per heavy atom. The number of aromatic nitrogens is 4. The van der Waals surface area contributed by atoms with Gasteiger partial charge in [-0.2, -0.15) is 0 Å². The molecule has 0 aliphatic carbocycles. The Labute approximate surface area is 110 Å². The van der Waals surface area contributed by atoms with E-state index in [1.807, 2.05) is 13.8 Å². The number of imidazole rings is 1. The fourth-order valence-electron chi connectivity index (χ4n) is 2.19. The zero-order valence-corrected chi connectivity index (χ0v) is 11.5. The second-order valence-corrected chi connectivity index (χ2v) is 4.87. The Morgan fingerprint density at radius 3 is 2.63 bits per heavy atom. The number of hydrogen-bond acceptors (Lipinski definition) is 4. The lowest BCUT2D eigenvalue weighted by atomic mass is 10.3. The van der Waals surface area contributed by atoms with Crippen LogP contribution >= 0.6 is 0 Å². The van der Waals surface area contributed by atoms with E-state index < -0.39 is 0 Å². The highest BCUT2D eigenvalue weighted by molar-refractivity contribution is 5.70. The number of aryl methyl sites for hydroxylation is 1. The van der Waals surface area contributed by atoms with E-state index in [2.05, 4.69) is 4.98 Å². The predicted molar refractivity (Wildman–Crippen MR) is 73.3 cm³/mol. The van der Waals surface area contributed by atoms with Crippen LogP contribution in [-0.2, 0) is 13.6 Å². The Balaban J connectivity index is 2.86. The molecule has 2 N–H and O–H groups in total. The fraction of sp³-hybridized carbons (Fsp3) is 0.583. The van der Waals surface area contributed by atoms with E-state index >= 15 is 0 Å². The second kappa shape index (κ2) is 5.00. The summed E-state index contributed by atoms with van der Waals surface area (Å²) in [6.07, 6.45) is 2.15. The molecule has 2 aromatic rings. The van der Waals surface area contributed by atoms with Gasteiger partial charge in [-0.1, -0.05) is 0 Å². The molecule has 0 saturated carbocycles. The van der Waals surface area contributed by atoms with Crippen LogP contribution in [-0.4, -0.2) is 25.2 Å². The Hall–Kier alpha value is -1.89. The molecule has 2 heterocycles. The third-order valence-corrected chi connectivity index (χ3v) is 3.13. The standard InChI is InChI=1S/C12H19N5O2/c1-8(2)17-10-9(15(3)7-14-10)11(18)16(12(17)19)6-4-5-13/h7-8H,4-6,13H2,1-3H3. The highest BCUT2D eigenvalue weighted by atomic mass is 16.2. The summed E-state index contributed by atoms with van der Waals surface area (Å²) in [4.78, 5) is 28.9. The van der Waals surface area contributed by atoms with Crippen LogP contribution in [0.25, 0.3) is 11.2 Å². The van der Waals surface area contributed by atoms with Gasteiger partial charge in [0.15, 0.2) is 11.2 Å². The van der Waals surface area contributed by atoms with Gasteiger partial charge < -0.3 is 10.3 Å². The summed E-state index contributed by atoms with van der Waals surface area (Å²) in [5.41, 5.74) is 5.73. The minimum absolute atomic E-state index is 0.0605. The Kier molecular flexibility index (Phi) is 3.57. The molecular formula is C12H19N5O2. The summed E-state index contributed by atoms with van der Waals surface area (Å²) in [7, 11) is 1.75. The van der Waals surface area contributed by atoms with Gasteiger partial charge in [-0.3, -0.25) is 13.9 Å². The van der Waals surface area contributed by atoms with Gasteiger partial charge in [0.05, 0.1) is 6.33 Å². The fourth-order valence-corrected chi connectivity index (χ4v) is 2.19. The van der Waals surface area contributed by atoms with E-state index in [4.69, 9.17) is 5.73 Å². The molecule has 19 heavy (non-hydrogen) atoms. The van der Waals surface area contributed by atoms with E-state index in [-0.39, 0.29) is 17.3 Å². The highest BCUT2D eigenvalue weighted by Crippen LogP contribution is 2.10. The van der Waals surface area contributed by atoms with Crippen molar-refractivity contribution in [3.63, 3.8) is 0 Å². The monoisotopic (exact) mass is 265 g/mol. The van der Waals surface area contributed by atoms with Crippen molar-refractivity contribution in [1.29, 1.82) is 0 Å². The van der Waals surface area contributed by atoms with Gasteiger partial charge >= 0.3 is 5.69 Å². The summed E-state index contributed by atoms with van der Waals surface area (Å²) in [6, 6.07) is -0.0605. The molecule has 0 aliphatic heterocycles. The summed E-state index contributed by atoms with van der Waals surface area (Å²) in [6.45, 7) is 4.57. The molecule has 2 rings (SSSR count). The average molecular weight is 265 g/mol. The van der Waals surface area contributed by atoms with Crippen molar-refractivity contribution >= 4 is 11.2 Å². The highest BCUT2D eigenvalue weighted by Gasteiger charge is 2.17. The number of nitrogens with zero attached hydrogens (tertiary/aromatic N) is 4. The van der Waals surface area contributed by atoms with Crippen LogP contribution in [0.5, 0.6) is 0 Å². The van der Waals surface area contributed by atoms with Gasteiger partial charge in [0.1, 0.15) is 0 Å². The number of hydrogen-bond donors (Lipinski definition) is 1. The van der Waals surface area contributed by atoms with Crippen LogP contribution in [0, 0.1) is 0 Å². The molecule has 0 unspecified atom stereocenters. The smallest absolute Gasteiger partial charge is 0.330 e. The molecule has 0 radical (unpaired) electrons. The van der Waals surface area contributed by atoms with Crippen molar-refractivity contribution in [2.24, 2.45) is 12.8 Å². The summed E-state index contributed by atoms with van der Waals surface area (Å²) in [5.74, 6) is 0. The van der Waals surface area contributed by atoms with Crippen LogP contribution in [0.3, 0.4) is 0 Å². The second-order valence-electron chi connectivity index (χ2n) is 4.87. The molecule has 0 saturated heterocycles. The molecule has 104 valence electrons. The van der Waals surface area contributed by atoms with Gasteiger partial charge in [-0.05, 0) is 26.8 Å². The van der Waals surface area contributed by atoms with Crippen molar-refractivity contribution < 1.29 is 0 Å². The first-order chi connectivity index (χ1) is 8.99. The lowest BCUT2D eigenvalue weighted by Crippen LogP contribution is -2.41. The lowest BCUT2D eigenvalue weighted by molar-refractivity contribution is 0.514. The van der Waals surface area contributed by atoms with Crippen LogP contribution in [0.1, 0.15) is 26.3 Å². The first kappa shape index (κ1) is 13.5. The van der Waals surface area contributed by atoms with Crippen molar-refractivity contribution in [3.05, 3.63) is 27.2 Å². The summed E-state index contributed by atoms with van der Waals surface area (Å²) in [5, 5.41) is 0. The molecule has 0 bridgehead atoms. The van der Waals surface area contributed by atoms with E-state index in [1.165, 1.54) is 4.57 Å². The molecule has 0 spiro atoms. The molecule has 2 aromatic heterocycles. The third kappa shape index (κ3) is 2.10. The summed E-state index contributed by atoms with van der Waals surface area (Å²) < 4.78 is 4.44. The first-order valence-corrected chi connectivity index (χ1v) is 6.35. The van der Waals surface area contributed by atoms with Crippen LogP contribution in [0.15, 0.2) is 15.9 Å². The van der Waals surface area contributed by atoms with Crippen molar-refractivity contribution in [2.45, 2.75) is 32.9 Å². The molecule has 0 fully saturated rings. The molecule has 0 atom stereocenters. The van der Waals surface area contributed by atoms with E-state index in [0.717, 1.165) is 0 Å². The van der Waals surface area contributed by atoms with E-state index in [9.17, 15) is 9.59 Å². The van der Waals surface area contributed by atoms with Crippen LogP contribution < -0.4 is 17.0 Å². The number of fused-ring (bicyclic) bond motifs is 1. The topological polar surface area (TPSA) is 87.8 Å². The Bertz CT molecular complexity index is 707. The zero-order chi connectivity index (χ0) is 14.2. The van der Waals surface area contributed by atoms with Gasteiger partial charge in [0.25, 0.3) is 5.56 Å². The van der Waals surface area contributed by atoms with Gasteiger partial charge in [0.2, 0.25) is 0 Å². The largest absolute Gasteiger partial charge is 0.332 e. The van der Waals surface area contributed by atoms with E-state index in [0.29, 0.717) is 30.7 Å². The average Bonchev–Trinajstić information content (AvgIpc) is 2.71. The molecule has 7 heteroatoms. The molecule has 0 aromatic carbocycles. The van der Waals surface area contributed by atoms with E-state index in [1.54, 1.807) is 22.5 Å². The van der Waals surface area contributed by atoms with Gasteiger partial charge in [-0.15, -0.1) is 0 Å². The van der Waals surface area contributed by atoms with Crippen molar-refractivity contribution in [1.82, 2.24) is 18.7 Å². The van der Waals surface area contributed by atoms with Crippen LogP contribution in [0.4, 0.5) is 0 Å².